The van der Waals surface area contributed by atoms with Crippen molar-refractivity contribution in [2.24, 2.45) is 5.73 Å². The van der Waals surface area contributed by atoms with Crippen molar-refractivity contribution in [3.05, 3.63) is 29.8 Å². The molecule has 0 heterocycles. The predicted molar refractivity (Wildman–Crippen MR) is 59.5 cm³/mol. The average molecular weight is 228 g/mol. The molecule has 0 radical (unpaired) electrons. The minimum absolute atomic E-state index is 0.0653. The number of nitrogens with two attached hydrogens (primary N) is 1. The highest BCUT2D eigenvalue weighted by Gasteiger charge is 2.21. The van der Waals surface area contributed by atoms with Crippen LogP contribution in [0.3, 0.4) is 0 Å². The number of ether oxygens (including phenoxy) is 1. The van der Waals surface area contributed by atoms with Crippen LogP contribution in [0.1, 0.15) is 11.5 Å². The molecule has 4 nitrogen and oxygen atoms in total. The average Bonchev–Trinajstić information content (AvgIpc) is 2.26. The zero-order chi connectivity index (χ0) is 11.3. The van der Waals surface area contributed by atoms with Gasteiger partial charge in [0.05, 0.1) is 7.11 Å². The Morgan fingerprint density at radius 2 is 2.07 bits per heavy atom. The molecule has 0 aliphatic heterocycles. The molecule has 2 unspecified atom stereocenters. The van der Waals surface area contributed by atoms with Crippen LogP contribution in [-0.4, -0.2) is 24.7 Å². The van der Waals surface area contributed by atoms with Gasteiger partial charge in [0.1, 0.15) is 5.75 Å². The monoisotopic (exact) mass is 228 g/mol. The van der Waals surface area contributed by atoms with Crippen molar-refractivity contribution >= 4 is 8.03 Å². The third-order valence-electron chi connectivity index (χ3n) is 2.25. The van der Waals surface area contributed by atoms with Gasteiger partial charge < -0.3 is 10.5 Å². The first-order valence-corrected chi connectivity index (χ1v) is 6.04. The number of methoxy groups -OCH3 is 1. The van der Waals surface area contributed by atoms with Crippen LogP contribution in [0.25, 0.3) is 0 Å². The van der Waals surface area contributed by atoms with Crippen LogP contribution in [0.2, 0.25) is 0 Å². The van der Waals surface area contributed by atoms with Gasteiger partial charge in [-0.3, -0.25) is 0 Å². The highest BCUT2D eigenvalue weighted by Crippen LogP contribution is 2.26. The lowest BCUT2D eigenvalue weighted by Crippen LogP contribution is -2.14. The van der Waals surface area contributed by atoms with Crippen LogP contribution >= 0.6 is 8.03 Å². The fraction of sp³-hybridized carbons (Fsp3) is 0.400. The molecule has 1 aromatic carbocycles. The van der Waals surface area contributed by atoms with Crippen LogP contribution in [-0.2, 0) is 4.57 Å². The molecule has 15 heavy (non-hydrogen) atoms. The molecule has 0 spiro atoms. The molecule has 0 fully saturated rings. The summed E-state index contributed by atoms with van der Waals surface area (Å²) in [5.41, 5.74) is 6.52. The van der Waals surface area contributed by atoms with E-state index in [9.17, 15) is 4.57 Å². The van der Waals surface area contributed by atoms with Crippen molar-refractivity contribution in [1.82, 2.24) is 0 Å². The minimum atomic E-state index is -2.14. The Hall–Kier alpha value is -0.960. The summed E-state index contributed by atoms with van der Waals surface area (Å²) in [5.74, 6) is 0.701. The highest BCUT2D eigenvalue weighted by atomic mass is 31.1. The maximum absolute atomic E-state index is 10.7. The van der Waals surface area contributed by atoms with Gasteiger partial charge in [0.25, 0.3) is 0 Å². The zero-order valence-electron chi connectivity index (χ0n) is 8.59. The molecule has 0 saturated carbocycles. The van der Waals surface area contributed by atoms with E-state index < -0.39 is 8.03 Å². The maximum atomic E-state index is 10.7. The lowest BCUT2D eigenvalue weighted by Gasteiger charge is -2.09. The molecule has 0 aliphatic rings. The second-order valence-electron chi connectivity index (χ2n) is 3.24. The van der Waals surface area contributed by atoms with Gasteiger partial charge in [-0.2, -0.15) is 4.89 Å². The fourth-order valence-corrected chi connectivity index (χ4v) is 2.12. The Morgan fingerprint density at radius 3 is 2.47 bits per heavy atom. The molecule has 3 N–H and O–H groups in total. The van der Waals surface area contributed by atoms with Crippen LogP contribution in [0.5, 0.6) is 5.75 Å². The zero-order valence-corrected chi connectivity index (χ0v) is 9.48. The van der Waals surface area contributed by atoms with Crippen LogP contribution in [0, 0.1) is 0 Å². The molecule has 0 aliphatic carbocycles. The number of benzene rings is 1. The van der Waals surface area contributed by atoms with Gasteiger partial charge in [-0.05, 0) is 22.3 Å². The quantitative estimate of drug-likeness (QED) is 0.748. The summed E-state index contributed by atoms with van der Waals surface area (Å²) in [5, 5.41) is 0. The van der Waals surface area contributed by atoms with E-state index >= 15 is 0 Å². The van der Waals surface area contributed by atoms with Gasteiger partial charge >= 0.3 is 8.03 Å². The molecule has 82 valence electrons. The Morgan fingerprint density at radius 1 is 1.47 bits per heavy atom. The van der Waals surface area contributed by atoms with E-state index in [0.717, 1.165) is 11.3 Å². The van der Waals surface area contributed by atoms with Crippen molar-refractivity contribution in [1.29, 1.82) is 0 Å². The van der Waals surface area contributed by atoms with Gasteiger partial charge in [-0.25, -0.2) is 0 Å². The number of hydrogen-bond acceptors (Lipinski definition) is 3. The molecule has 0 bridgehead atoms. The largest absolute Gasteiger partial charge is 0.506 e. The lowest BCUT2D eigenvalue weighted by molar-refractivity contribution is 0.414. The number of hydrogen-bond donors (Lipinski definition) is 2. The first-order chi connectivity index (χ1) is 7.17. The van der Waals surface area contributed by atoms with Crippen molar-refractivity contribution < 1.29 is 14.2 Å². The van der Waals surface area contributed by atoms with E-state index in [2.05, 4.69) is 0 Å². The second kappa shape index (κ2) is 5.81. The second-order valence-corrected chi connectivity index (χ2v) is 4.31. The fourth-order valence-electron chi connectivity index (χ4n) is 1.38. The molecule has 1 rings (SSSR count). The summed E-state index contributed by atoms with van der Waals surface area (Å²) in [6.45, 7) is 0.369. The van der Waals surface area contributed by atoms with Gasteiger partial charge in [-0.1, -0.05) is 12.1 Å². The Labute approximate surface area is 89.9 Å². The first-order valence-electron chi connectivity index (χ1n) is 4.65. The summed E-state index contributed by atoms with van der Waals surface area (Å²) in [4.78, 5) is 8.84. The summed E-state index contributed by atoms with van der Waals surface area (Å²) < 4.78 is 15.8. The lowest BCUT2D eigenvalue weighted by atomic mass is 10.0. The van der Waals surface area contributed by atoms with Gasteiger partial charge in [0, 0.05) is 12.5 Å². The van der Waals surface area contributed by atoms with E-state index in [4.69, 9.17) is 15.4 Å². The Bertz CT molecular complexity index is 326. The molecule has 5 heteroatoms. The summed E-state index contributed by atoms with van der Waals surface area (Å²) in [6, 6.07) is 7.38. The SMILES string of the molecule is COc1ccc(C(CN)C[P+](=O)O)cc1. The molecule has 0 amide bonds. The van der Waals surface area contributed by atoms with Crippen LogP contribution < -0.4 is 10.5 Å². The highest BCUT2D eigenvalue weighted by molar-refractivity contribution is 7.38. The van der Waals surface area contributed by atoms with Crippen molar-refractivity contribution in [2.45, 2.75) is 5.92 Å². The molecule has 1 aromatic rings. The third kappa shape index (κ3) is 3.59. The van der Waals surface area contributed by atoms with E-state index in [0.29, 0.717) is 6.54 Å². The van der Waals surface area contributed by atoms with Crippen molar-refractivity contribution in [2.75, 3.05) is 19.8 Å². The third-order valence-corrected chi connectivity index (χ3v) is 3.00. The summed E-state index contributed by atoms with van der Waals surface area (Å²) in [7, 11) is -0.545. The van der Waals surface area contributed by atoms with E-state index in [1.165, 1.54) is 0 Å². The molecule has 0 saturated heterocycles. The Balaban J connectivity index is 2.78. The van der Waals surface area contributed by atoms with Crippen molar-refractivity contribution in [3.63, 3.8) is 0 Å². The molecule has 2 atom stereocenters. The van der Waals surface area contributed by atoms with Gasteiger partial charge in [-0.15, -0.1) is 0 Å². The topological polar surface area (TPSA) is 72.5 Å². The minimum Gasteiger partial charge on any atom is -0.497 e. The molecule has 0 aromatic heterocycles. The standard InChI is InChI=1S/C10H14NO3P/c1-14-10-4-2-8(3-5-10)9(6-11)7-15(12)13/h2-5,9H,6-7,11H2,1H3/p+1. The van der Waals surface area contributed by atoms with E-state index in [1.54, 1.807) is 7.11 Å². The molecular weight excluding hydrogens is 213 g/mol. The van der Waals surface area contributed by atoms with Crippen molar-refractivity contribution in [3.8, 4) is 5.75 Å². The van der Waals surface area contributed by atoms with Gasteiger partial charge in [0.15, 0.2) is 6.16 Å². The van der Waals surface area contributed by atoms with Crippen LogP contribution in [0.15, 0.2) is 24.3 Å². The molecular formula is C10H15NO3P+. The first kappa shape index (κ1) is 12.1. The predicted octanol–water partition coefficient (Wildman–Crippen LogP) is 1.47. The summed E-state index contributed by atoms with van der Waals surface area (Å²) in [6.07, 6.45) is 0.207. The maximum Gasteiger partial charge on any atom is 0.506 e. The van der Waals surface area contributed by atoms with Crippen LogP contribution in [0.4, 0.5) is 0 Å². The van der Waals surface area contributed by atoms with Gasteiger partial charge in [0.2, 0.25) is 0 Å². The summed E-state index contributed by atoms with van der Waals surface area (Å²) >= 11 is 0. The Kier molecular flexibility index (Phi) is 4.69. The van der Waals surface area contributed by atoms with E-state index in [-0.39, 0.29) is 12.1 Å². The smallest absolute Gasteiger partial charge is 0.497 e. The normalized spacial score (nSPS) is 13.4. The van der Waals surface area contributed by atoms with E-state index in [1.807, 2.05) is 24.3 Å². The number of rotatable bonds is 5.